The van der Waals surface area contributed by atoms with Gasteiger partial charge in [0, 0.05) is 32.2 Å². The Balaban J connectivity index is 1.74. The second-order valence-corrected chi connectivity index (χ2v) is 7.67. The van der Waals surface area contributed by atoms with Gasteiger partial charge in [0.2, 0.25) is 5.91 Å². The Labute approximate surface area is 156 Å². The molecule has 2 fully saturated rings. The summed E-state index contributed by atoms with van der Waals surface area (Å²) >= 11 is 0. The fourth-order valence-corrected chi connectivity index (χ4v) is 4.12. The van der Waals surface area contributed by atoms with Gasteiger partial charge in [-0.2, -0.15) is 0 Å². The molecule has 1 aliphatic carbocycles. The monoisotopic (exact) mass is 357 g/mol. The Morgan fingerprint density at radius 1 is 1.04 bits per heavy atom. The smallest absolute Gasteiger partial charge is 0.253 e. The maximum absolute atomic E-state index is 12.9. The van der Waals surface area contributed by atoms with E-state index in [1.165, 1.54) is 45.4 Å². The van der Waals surface area contributed by atoms with Crippen molar-refractivity contribution in [2.24, 2.45) is 5.92 Å². The van der Waals surface area contributed by atoms with E-state index in [9.17, 15) is 9.59 Å². The van der Waals surface area contributed by atoms with Crippen molar-refractivity contribution in [3.63, 3.8) is 0 Å². The van der Waals surface area contributed by atoms with E-state index in [4.69, 9.17) is 0 Å². The van der Waals surface area contributed by atoms with E-state index >= 15 is 0 Å². The number of benzene rings is 1. The molecule has 0 aromatic heterocycles. The van der Waals surface area contributed by atoms with E-state index in [0.29, 0.717) is 5.92 Å². The molecule has 0 spiro atoms. The fraction of sp³-hybridized carbons (Fsp3) is 0.619. The molecule has 2 amide bonds. The number of hydrogen-bond donors (Lipinski definition) is 2. The molecule has 5 heteroatoms. The number of carbonyl (C=O) groups is 2. The number of anilines is 2. The summed E-state index contributed by atoms with van der Waals surface area (Å²) in [6, 6.07) is 5.62. The van der Waals surface area contributed by atoms with Crippen LogP contribution in [0.25, 0.3) is 0 Å². The minimum atomic E-state index is -0.0934. The second-order valence-electron chi connectivity index (χ2n) is 7.67. The Morgan fingerprint density at radius 2 is 1.73 bits per heavy atom. The normalized spacial score (nSPS) is 18.4. The first-order chi connectivity index (χ1) is 12.6. The second kappa shape index (κ2) is 9.06. The Morgan fingerprint density at radius 3 is 2.42 bits per heavy atom. The lowest BCUT2D eigenvalue weighted by molar-refractivity contribution is -0.114. The van der Waals surface area contributed by atoms with Crippen molar-refractivity contribution in [1.29, 1.82) is 0 Å². The van der Waals surface area contributed by atoms with Gasteiger partial charge in [0.1, 0.15) is 0 Å². The number of amides is 2. The van der Waals surface area contributed by atoms with Crippen LogP contribution in [0, 0.1) is 5.92 Å². The third-order valence-corrected chi connectivity index (χ3v) is 5.54. The van der Waals surface area contributed by atoms with Crippen molar-refractivity contribution in [3.8, 4) is 0 Å². The predicted molar refractivity (Wildman–Crippen MR) is 106 cm³/mol. The third-order valence-electron chi connectivity index (χ3n) is 5.54. The van der Waals surface area contributed by atoms with E-state index in [0.717, 1.165) is 49.4 Å². The molecule has 0 bridgehead atoms. The highest BCUT2D eigenvalue weighted by Crippen LogP contribution is 2.28. The summed E-state index contributed by atoms with van der Waals surface area (Å²) in [4.78, 5) is 26.5. The fourth-order valence-electron chi connectivity index (χ4n) is 4.12. The SMILES string of the molecule is CC(=O)Nc1ccc(C(=O)NCC2CCCCC2)c(N2CCCCC2)c1. The minimum Gasteiger partial charge on any atom is -0.371 e. The number of carbonyl (C=O) groups excluding carboxylic acids is 2. The molecule has 1 aromatic rings. The third kappa shape index (κ3) is 4.99. The Hall–Kier alpha value is -2.04. The Bertz CT molecular complexity index is 632. The molecular formula is C21H31N3O2. The molecular weight excluding hydrogens is 326 g/mol. The standard InChI is InChI=1S/C21H31N3O2/c1-16(25)23-18-10-11-19(20(14-18)24-12-6-3-7-13-24)21(26)22-15-17-8-4-2-5-9-17/h10-11,14,17H,2-9,12-13,15H2,1H3,(H,22,26)(H,23,25). The summed E-state index contributed by atoms with van der Waals surface area (Å²) in [6.07, 6.45) is 9.87. The van der Waals surface area contributed by atoms with Gasteiger partial charge in [-0.05, 0) is 56.2 Å². The van der Waals surface area contributed by atoms with Gasteiger partial charge >= 0.3 is 0 Å². The lowest BCUT2D eigenvalue weighted by Gasteiger charge is -2.31. The topological polar surface area (TPSA) is 61.4 Å². The molecule has 1 aromatic carbocycles. The van der Waals surface area contributed by atoms with Crippen molar-refractivity contribution in [3.05, 3.63) is 23.8 Å². The average Bonchev–Trinajstić information content (AvgIpc) is 2.67. The molecule has 3 rings (SSSR count). The molecule has 0 radical (unpaired) electrons. The summed E-state index contributed by atoms with van der Waals surface area (Å²) in [5.41, 5.74) is 2.41. The van der Waals surface area contributed by atoms with Crippen LogP contribution in [0.2, 0.25) is 0 Å². The summed E-state index contributed by atoms with van der Waals surface area (Å²) in [7, 11) is 0. The van der Waals surface area contributed by atoms with Crippen LogP contribution in [0.4, 0.5) is 11.4 Å². The molecule has 142 valence electrons. The molecule has 1 saturated carbocycles. The summed E-state index contributed by atoms with van der Waals surface area (Å²) < 4.78 is 0. The van der Waals surface area contributed by atoms with Crippen LogP contribution < -0.4 is 15.5 Å². The highest BCUT2D eigenvalue weighted by Gasteiger charge is 2.21. The highest BCUT2D eigenvalue weighted by atomic mass is 16.2. The maximum Gasteiger partial charge on any atom is 0.253 e. The van der Waals surface area contributed by atoms with Crippen molar-refractivity contribution in [1.82, 2.24) is 5.32 Å². The predicted octanol–water partition coefficient (Wildman–Crippen LogP) is 3.95. The van der Waals surface area contributed by atoms with Gasteiger partial charge in [-0.1, -0.05) is 19.3 Å². The van der Waals surface area contributed by atoms with Gasteiger partial charge in [-0.15, -0.1) is 0 Å². The van der Waals surface area contributed by atoms with Gasteiger partial charge in [-0.3, -0.25) is 9.59 Å². The van der Waals surface area contributed by atoms with Gasteiger partial charge < -0.3 is 15.5 Å². The van der Waals surface area contributed by atoms with E-state index in [-0.39, 0.29) is 11.8 Å². The van der Waals surface area contributed by atoms with Gasteiger partial charge in [-0.25, -0.2) is 0 Å². The molecule has 1 saturated heterocycles. The zero-order chi connectivity index (χ0) is 18.4. The number of nitrogens with zero attached hydrogens (tertiary/aromatic N) is 1. The van der Waals surface area contributed by atoms with Crippen molar-refractivity contribution in [2.75, 3.05) is 29.9 Å². The minimum absolute atomic E-state index is 0.00511. The van der Waals surface area contributed by atoms with Gasteiger partial charge in [0.25, 0.3) is 5.91 Å². The van der Waals surface area contributed by atoms with Gasteiger partial charge in [0.15, 0.2) is 0 Å². The molecule has 0 atom stereocenters. The molecule has 1 aliphatic heterocycles. The number of rotatable bonds is 5. The molecule has 5 nitrogen and oxygen atoms in total. The maximum atomic E-state index is 12.9. The van der Waals surface area contributed by atoms with Crippen LogP contribution in [-0.4, -0.2) is 31.4 Å². The first-order valence-corrected chi connectivity index (χ1v) is 10.1. The van der Waals surface area contributed by atoms with Crippen molar-refractivity contribution >= 4 is 23.2 Å². The van der Waals surface area contributed by atoms with E-state index in [2.05, 4.69) is 15.5 Å². The number of nitrogens with one attached hydrogen (secondary N) is 2. The summed E-state index contributed by atoms with van der Waals surface area (Å²) in [5, 5.41) is 5.99. The Kier molecular flexibility index (Phi) is 6.53. The van der Waals surface area contributed by atoms with Crippen LogP contribution in [0.1, 0.15) is 68.6 Å². The van der Waals surface area contributed by atoms with Crippen LogP contribution >= 0.6 is 0 Å². The van der Waals surface area contributed by atoms with Gasteiger partial charge in [0.05, 0.1) is 11.3 Å². The van der Waals surface area contributed by atoms with Crippen LogP contribution in [-0.2, 0) is 4.79 Å². The van der Waals surface area contributed by atoms with Crippen molar-refractivity contribution < 1.29 is 9.59 Å². The lowest BCUT2D eigenvalue weighted by atomic mass is 9.89. The van der Waals surface area contributed by atoms with E-state index in [1.54, 1.807) is 0 Å². The van der Waals surface area contributed by atoms with Crippen LogP contribution in [0.3, 0.4) is 0 Å². The quantitative estimate of drug-likeness (QED) is 0.839. The van der Waals surface area contributed by atoms with Crippen molar-refractivity contribution in [2.45, 2.75) is 58.3 Å². The average molecular weight is 357 g/mol. The first-order valence-electron chi connectivity index (χ1n) is 10.1. The molecule has 2 N–H and O–H groups in total. The number of hydrogen-bond acceptors (Lipinski definition) is 3. The summed E-state index contributed by atoms with van der Waals surface area (Å²) in [5.74, 6) is 0.527. The molecule has 2 aliphatic rings. The molecule has 1 heterocycles. The highest BCUT2D eigenvalue weighted by molar-refractivity contribution is 6.01. The van der Waals surface area contributed by atoms with Crippen LogP contribution in [0.15, 0.2) is 18.2 Å². The van der Waals surface area contributed by atoms with Crippen LogP contribution in [0.5, 0.6) is 0 Å². The van der Waals surface area contributed by atoms with E-state index in [1.807, 2.05) is 18.2 Å². The molecule has 26 heavy (non-hydrogen) atoms. The largest absolute Gasteiger partial charge is 0.371 e. The summed E-state index contributed by atoms with van der Waals surface area (Å²) in [6.45, 7) is 4.20. The zero-order valence-corrected chi connectivity index (χ0v) is 15.9. The lowest BCUT2D eigenvalue weighted by Crippen LogP contribution is -2.34. The molecule has 0 unspecified atom stereocenters. The zero-order valence-electron chi connectivity index (χ0n) is 15.9. The number of piperidine rings is 1. The van der Waals surface area contributed by atoms with E-state index < -0.39 is 0 Å². The first kappa shape index (κ1) is 18.7.